The molecule has 0 radical (unpaired) electrons. The Bertz CT molecular complexity index is 718. The molecule has 1 aromatic carbocycles. The Kier molecular flexibility index (Phi) is 5.15. The van der Waals surface area contributed by atoms with Crippen molar-refractivity contribution >= 4 is 23.5 Å². The topological polar surface area (TPSA) is 81.8 Å². The number of nitrogens with zero attached hydrogens (tertiary/aromatic N) is 2. The number of anilines is 1. The zero-order valence-corrected chi connectivity index (χ0v) is 15.5. The second kappa shape index (κ2) is 7.35. The largest absolute Gasteiger partial charge is 0.351 e. The molecule has 2 heterocycles. The molecule has 2 saturated heterocycles. The first-order valence-corrected chi connectivity index (χ1v) is 9.08. The molecule has 2 fully saturated rings. The third-order valence-corrected chi connectivity index (χ3v) is 5.16. The molecule has 0 bridgehead atoms. The summed E-state index contributed by atoms with van der Waals surface area (Å²) in [6.45, 7) is 8.07. The molecule has 2 aliphatic heterocycles. The summed E-state index contributed by atoms with van der Waals surface area (Å²) in [7, 11) is 0. The monoisotopic (exact) mass is 358 g/mol. The molecule has 0 unspecified atom stereocenters. The van der Waals surface area contributed by atoms with E-state index >= 15 is 0 Å². The van der Waals surface area contributed by atoms with Gasteiger partial charge in [-0.05, 0) is 24.1 Å². The average Bonchev–Trinajstić information content (AvgIpc) is 3.20. The highest BCUT2D eigenvalue weighted by atomic mass is 16.2. The molecule has 140 valence electrons. The number of hydrogen-bond donors (Lipinski definition) is 2. The first kappa shape index (κ1) is 18.2. The maximum Gasteiger partial charge on any atom is 0.321 e. The van der Waals surface area contributed by atoms with Crippen LogP contribution in [0.15, 0.2) is 24.3 Å². The lowest BCUT2D eigenvalue weighted by Gasteiger charge is -2.21. The van der Waals surface area contributed by atoms with E-state index in [1.807, 2.05) is 6.07 Å². The van der Waals surface area contributed by atoms with Crippen LogP contribution in [-0.2, 0) is 4.79 Å². The van der Waals surface area contributed by atoms with Crippen LogP contribution >= 0.6 is 0 Å². The quantitative estimate of drug-likeness (QED) is 0.855. The van der Waals surface area contributed by atoms with Gasteiger partial charge in [-0.2, -0.15) is 0 Å². The van der Waals surface area contributed by atoms with Crippen LogP contribution in [0.5, 0.6) is 0 Å². The number of benzene rings is 1. The molecule has 26 heavy (non-hydrogen) atoms. The zero-order valence-electron chi connectivity index (χ0n) is 15.5. The minimum absolute atomic E-state index is 0.0241. The maximum absolute atomic E-state index is 13.0. The van der Waals surface area contributed by atoms with Crippen molar-refractivity contribution in [1.29, 1.82) is 0 Å². The van der Waals surface area contributed by atoms with Crippen LogP contribution in [-0.4, -0.2) is 55.0 Å². The number of carbonyl (C=O) groups is 3. The lowest BCUT2D eigenvalue weighted by atomic mass is 9.91. The number of hydrogen-bond acceptors (Lipinski definition) is 3. The molecule has 2 atom stereocenters. The van der Waals surface area contributed by atoms with E-state index in [1.54, 1.807) is 28.0 Å². The van der Waals surface area contributed by atoms with Crippen LogP contribution in [0.4, 0.5) is 10.5 Å². The van der Waals surface area contributed by atoms with E-state index in [4.69, 9.17) is 0 Å². The lowest BCUT2D eigenvalue weighted by Crippen LogP contribution is -2.41. The van der Waals surface area contributed by atoms with E-state index in [0.717, 1.165) is 5.69 Å². The summed E-state index contributed by atoms with van der Waals surface area (Å²) in [5, 5.41) is 5.74. The molecule has 3 rings (SSSR count). The molecule has 2 N–H and O–H groups in total. The predicted octanol–water partition coefficient (Wildman–Crippen LogP) is 1.45. The van der Waals surface area contributed by atoms with Gasteiger partial charge in [-0.15, -0.1) is 0 Å². The molecule has 7 heteroatoms. The van der Waals surface area contributed by atoms with Crippen molar-refractivity contribution in [2.75, 3.05) is 31.1 Å². The average molecular weight is 358 g/mol. The van der Waals surface area contributed by atoms with Gasteiger partial charge in [-0.1, -0.05) is 19.9 Å². The molecule has 0 aliphatic carbocycles. The third kappa shape index (κ3) is 3.66. The lowest BCUT2D eigenvalue weighted by molar-refractivity contribution is -0.119. The molecule has 7 nitrogen and oxygen atoms in total. The highest BCUT2D eigenvalue weighted by Gasteiger charge is 2.37. The van der Waals surface area contributed by atoms with Gasteiger partial charge in [-0.25, -0.2) is 4.79 Å². The van der Waals surface area contributed by atoms with E-state index in [9.17, 15) is 14.4 Å². The summed E-state index contributed by atoms with van der Waals surface area (Å²) >= 11 is 0. The van der Waals surface area contributed by atoms with Crippen LogP contribution in [0.2, 0.25) is 0 Å². The highest BCUT2D eigenvalue weighted by molar-refractivity contribution is 5.98. The highest BCUT2D eigenvalue weighted by Crippen LogP contribution is 2.27. The Hall–Kier alpha value is -2.57. The summed E-state index contributed by atoms with van der Waals surface area (Å²) in [6.07, 6.45) is 0. The number of nitrogens with one attached hydrogen (secondary N) is 2. The first-order chi connectivity index (χ1) is 12.4. The number of amides is 4. The van der Waals surface area contributed by atoms with Crippen molar-refractivity contribution in [2.45, 2.75) is 26.8 Å². The van der Waals surface area contributed by atoms with Crippen molar-refractivity contribution in [1.82, 2.24) is 15.5 Å². The molecule has 0 aromatic heterocycles. The number of rotatable bonds is 4. The van der Waals surface area contributed by atoms with Crippen LogP contribution in [0.25, 0.3) is 0 Å². The van der Waals surface area contributed by atoms with E-state index in [2.05, 4.69) is 24.5 Å². The Morgan fingerprint density at radius 2 is 2.04 bits per heavy atom. The summed E-state index contributed by atoms with van der Waals surface area (Å²) in [5.74, 6) is 0.460. The minimum Gasteiger partial charge on any atom is -0.351 e. The van der Waals surface area contributed by atoms with E-state index in [1.165, 1.54) is 6.92 Å². The summed E-state index contributed by atoms with van der Waals surface area (Å²) in [5.41, 5.74) is 1.29. The van der Waals surface area contributed by atoms with Crippen LogP contribution in [0.3, 0.4) is 0 Å². The van der Waals surface area contributed by atoms with Crippen molar-refractivity contribution in [3.63, 3.8) is 0 Å². The van der Waals surface area contributed by atoms with Gasteiger partial charge in [0, 0.05) is 50.3 Å². The molecule has 0 spiro atoms. The summed E-state index contributed by atoms with van der Waals surface area (Å²) < 4.78 is 0. The first-order valence-electron chi connectivity index (χ1n) is 9.08. The normalized spacial score (nSPS) is 22.7. The molecule has 0 saturated carbocycles. The van der Waals surface area contributed by atoms with E-state index < -0.39 is 0 Å². The van der Waals surface area contributed by atoms with Crippen LogP contribution in [0, 0.1) is 11.8 Å². The Morgan fingerprint density at radius 3 is 2.65 bits per heavy atom. The van der Waals surface area contributed by atoms with Gasteiger partial charge in [0.2, 0.25) is 5.91 Å². The van der Waals surface area contributed by atoms with Gasteiger partial charge in [0.15, 0.2) is 0 Å². The fraction of sp³-hybridized carbons (Fsp3) is 0.526. The molecular weight excluding hydrogens is 332 g/mol. The molecule has 1 aromatic rings. The van der Waals surface area contributed by atoms with E-state index in [-0.39, 0.29) is 29.8 Å². The SMILES string of the molecule is CC(=O)N[C@@H]1CN(C(=O)c2cccc(N3CCNC3=O)c2)C[C@H]1C(C)C. The fourth-order valence-electron chi connectivity index (χ4n) is 3.79. The molecule has 2 aliphatic rings. The minimum atomic E-state index is -0.138. The number of carbonyl (C=O) groups excluding carboxylic acids is 3. The second-order valence-electron chi connectivity index (χ2n) is 7.36. The Balaban J connectivity index is 1.77. The van der Waals surface area contributed by atoms with Gasteiger partial charge < -0.3 is 15.5 Å². The van der Waals surface area contributed by atoms with Crippen molar-refractivity contribution in [3.8, 4) is 0 Å². The van der Waals surface area contributed by atoms with Crippen molar-refractivity contribution in [2.24, 2.45) is 11.8 Å². The standard InChI is InChI=1S/C19H26N4O3/c1-12(2)16-10-22(11-17(16)21-13(3)24)18(25)14-5-4-6-15(9-14)23-8-7-20-19(23)26/h4-6,9,12,16-17H,7-8,10-11H2,1-3H3,(H,20,26)(H,21,24)/t16-,17+/m0/s1. The van der Waals surface area contributed by atoms with Crippen LogP contribution < -0.4 is 15.5 Å². The summed E-state index contributed by atoms with van der Waals surface area (Å²) in [6, 6.07) is 7.02. The van der Waals surface area contributed by atoms with Gasteiger partial charge >= 0.3 is 6.03 Å². The smallest absolute Gasteiger partial charge is 0.321 e. The zero-order chi connectivity index (χ0) is 18.8. The molecular formula is C19H26N4O3. The van der Waals surface area contributed by atoms with E-state index in [0.29, 0.717) is 37.7 Å². The number of urea groups is 1. The second-order valence-corrected chi connectivity index (χ2v) is 7.36. The maximum atomic E-state index is 13.0. The fourth-order valence-corrected chi connectivity index (χ4v) is 3.79. The van der Waals surface area contributed by atoms with Crippen molar-refractivity contribution < 1.29 is 14.4 Å². The predicted molar refractivity (Wildman–Crippen MR) is 99.0 cm³/mol. The van der Waals surface area contributed by atoms with Crippen molar-refractivity contribution in [3.05, 3.63) is 29.8 Å². The summed E-state index contributed by atoms with van der Waals surface area (Å²) in [4.78, 5) is 39.8. The number of likely N-dealkylation sites (tertiary alicyclic amines) is 1. The molecule has 4 amide bonds. The van der Waals surface area contributed by atoms with Gasteiger partial charge in [0.1, 0.15) is 0 Å². The van der Waals surface area contributed by atoms with Gasteiger partial charge in [-0.3, -0.25) is 14.5 Å². The van der Waals surface area contributed by atoms with Gasteiger partial charge in [0.05, 0.1) is 6.04 Å². The van der Waals surface area contributed by atoms with Gasteiger partial charge in [0.25, 0.3) is 5.91 Å². The Labute approximate surface area is 153 Å². The van der Waals surface area contributed by atoms with Crippen LogP contribution in [0.1, 0.15) is 31.1 Å². The Morgan fingerprint density at radius 1 is 1.27 bits per heavy atom. The third-order valence-electron chi connectivity index (χ3n) is 5.16.